The first-order chi connectivity index (χ1) is 10.6. The molecule has 3 rings (SSSR count). The highest BCUT2D eigenvalue weighted by Gasteiger charge is 2.26. The van der Waals surface area contributed by atoms with Crippen molar-refractivity contribution in [2.75, 3.05) is 13.1 Å². The van der Waals surface area contributed by atoms with E-state index in [1.807, 2.05) is 41.9 Å². The quantitative estimate of drug-likeness (QED) is 0.851. The molecule has 2 heterocycles. The zero-order chi connectivity index (χ0) is 15.7. The summed E-state index contributed by atoms with van der Waals surface area (Å²) < 4.78 is 1.94. The van der Waals surface area contributed by atoms with Gasteiger partial charge in [0.25, 0.3) is 5.91 Å². The van der Waals surface area contributed by atoms with Crippen LogP contribution in [0.3, 0.4) is 0 Å². The minimum Gasteiger partial charge on any atom is -0.339 e. The fourth-order valence-corrected chi connectivity index (χ4v) is 3.24. The van der Waals surface area contributed by atoms with Gasteiger partial charge in [0.1, 0.15) is 0 Å². The van der Waals surface area contributed by atoms with Crippen molar-refractivity contribution in [3.63, 3.8) is 0 Å². The van der Waals surface area contributed by atoms with E-state index in [1.54, 1.807) is 6.07 Å². The van der Waals surface area contributed by atoms with Crippen molar-refractivity contribution in [2.45, 2.75) is 25.7 Å². The van der Waals surface area contributed by atoms with E-state index in [4.69, 9.17) is 11.6 Å². The number of rotatable bonds is 2. The van der Waals surface area contributed by atoms with E-state index < -0.39 is 0 Å². The molecule has 1 amide bonds. The van der Waals surface area contributed by atoms with Crippen LogP contribution in [0, 0.1) is 6.92 Å². The summed E-state index contributed by atoms with van der Waals surface area (Å²) in [5.41, 5.74) is 2.92. The van der Waals surface area contributed by atoms with Crippen LogP contribution < -0.4 is 0 Å². The molecule has 0 bridgehead atoms. The number of halogens is 1. The molecule has 1 aromatic carbocycles. The molecular formula is C17H20ClN3O. The van der Waals surface area contributed by atoms with E-state index in [0.717, 1.165) is 37.1 Å². The predicted molar refractivity (Wildman–Crippen MR) is 87.3 cm³/mol. The molecule has 2 aromatic rings. The third kappa shape index (κ3) is 2.88. The van der Waals surface area contributed by atoms with Crippen LogP contribution in [0.1, 0.15) is 40.4 Å². The standard InChI is InChI=1S/C17H20ClN3O/c1-12-11-14(3-4-15(12)18)17(22)21-9-6-13(7-10-21)16-5-8-19-20(16)2/h3-5,8,11,13H,6-7,9-10H2,1-2H3. The highest BCUT2D eigenvalue weighted by molar-refractivity contribution is 6.31. The number of hydrogen-bond donors (Lipinski definition) is 0. The second-order valence-electron chi connectivity index (χ2n) is 5.91. The molecule has 5 heteroatoms. The Balaban J connectivity index is 1.67. The molecule has 1 saturated heterocycles. The Morgan fingerprint density at radius 1 is 1.27 bits per heavy atom. The van der Waals surface area contributed by atoms with E-state index in [9.17, 15) is 4.79 Å². The summed E-state index contributed by atoms with van der Waals surface area (Å²) in [6.07, 6.45) is 3.80. The number of likely N-dealkylation sites (tertiary alicyclic amines) is 1. The van der Waals surface area contributed by atoms with Gasteiger partial charge in [0, 0.05) is 48.5 Å². The molecule has 1 fully saturated rings. The Hall–Kier alpha value is -1.81. The SMILES string of the molecule is Cc1cc(C(=O)N2CCC(c3ccnn3C)CC2)ccc1Cl. The number of carbonyl (C=O) groups is 1. The lowest BCUT2D eigenvalue weighted by molar-refractivity contribution is 0.0711. The molecule has 1 aromatic heterocycles. The molecule has 1 aliphatic rings. The van der Waals surface area contributed by atoms with Crippen LogP contribution in [-0.2, 0) is 7.05 Å². The summed E-state index contributed by atoms with van der Waals surface area (Å²) in [6, 6.07) is 7.56. The highest BCUT2D eigenvalue weighted by atomic mass is 35.5. The van der Waals surface area contributed by atoms with Crippen molar-refractivity contribution in [2.24, 2.45) is 7.05 Å². The third-order valence-electron chi connectivity index (χ3n) is 4.46. The van der Waals surface area contributed by atoms with Gasteiger partial charge in [-0.3, -0.25) is 9.48 Å². The molecule has 1 aliphatic heterocycles. The molecule has 0 spiro atoms. The Morgan fingerprint density at radius 3 is 2.59 bits per heavy atom. The summed E-state index contributed by atoms with van der Waals surface area (Å²) in [4.78, 5) is 14.5. The smallest absolute Gasteiger partial charge is 0.253 e. The first kappa shape index (κ1) is 15.1. The average Bonchev–Trinajstić information content (AvgIpc) is 2.95. The van der Waals surface area contributed by atoms with Gasteiger partial charge in [0.2, 0.25) is 0 Å². The van der Waals surface area contributed by atoms with Gasteiger partial charge in [-0.1, -0.05) is 11.6 Å². The first-order valence-electron chi connectivity index (χ1n) is 7.59. The number of hydrogen-bond acceptors (Lipinski definition) is 2. The largest absolute Gasteiger partial charge is 0.339 e. The maximum atomic E-state index is 12.6. The fraction of sp³-hybridized carbons (Fsp3) is 0.412. The molecule has 0 radical (unpaired) electrons. The maximum Gasteiger partial charge on any atom is 0.253 e. The Labute approximate surface area is 135 Å². The second-order valence-corrected chi connectivity index (χ2v) is 6.32. The van der Waals surface area contributed by atoms with Crippen LogP contribution in [0.2, 0.25) is 5.02 Å². The van der Waals surface area contributed by atoms with Crippen molar-refractivity contribution in [1.29, 1.82) is 0 Å². The van der Waals surface area contributed by atoms with E-state index in [0.29, 0.717) is 10.9 Å². The van der Waals surface area contributed by atoms with Gasteiger partial charge in [0.05, 0.1) is 0 Å². The summed E-state index contributed by atoms with van der Waals surface area (Å²) in [7, 11) is 1.98. The van der Waals surface area contributed by atoms with Gasteiger partial charge in [-0.15, -0.1) is 0 Å². The first-order valence-corrected chi connectivity index (χ1v) is 7.97. The Morgan fingerprint density at radius 2 is 2.00 bits per heavy atom. The van der Waals surface area contributed by atoms with Crippen LogP contribution in [0.15, 0.2) is 30.5 Å². The molecule has 0 atom stereocenters. The predicted octanol–water partition coefficient (Wildman–Crippen LogP) is 3.40. The third-order valence-corrected chi connectivity index (χ3v) is 4.89. The van der Waals surface area contributed by atoms with Gasteiger partial charge in [-0.25, -0.2) is 0 Å². The van der Waals surface area contributed by atoms with E-state index >= 15 is 0 Å². The number of amides is 1. The van der Waals surface area contributed by atoms with Crippen LogP contribution in [0.4, 0.5) is 0 Å². The van der Waals surface area contributed by atoms with Crippen molar-refractivity contribution in [3.05, 3.63) is 52.3 Å². The average molecular weight is 318 g/mol. The highest BCUT2D eigenvalue weighted by Crippen LogP contribution is 2.28. The summed E-state index contributed by atoms with van der Waals surface area (Å²) in [5.74, 6) is 0.590. The number of aromatic nitrogens is 2. The summed E-state index contributed by atoms with van der Waals surface area (Å²) in [6.45, 7) is 3.50. The normalized spacial score (nSPS) is 16.0. The Kier molecular flexibility index (Phi) is 4.21. The molecule has 0 saturated carbocycles. The van der Waals surface area contributed by atoms with Crippen LogP contribution >= 0.6 is 11.6 Å². The Bertz CT molecular complexity index is 687. The summed E-state index contributed by atoms with van der Waals surface area (Å²) in [5, 5.41) is 4.94. The second kappa shape index (κ2) is 6.13. The van der Waals surface area contributed by atoms with Gasteiger partial charge in [-0.2, -0.15) is 5.10 Å². The van der Waals surface area contributed by atoms with E-state index in [2.05, 4.69) is 11.2 Å². The van der Waals surface area contributed by atoms with Gasteiger partial charge in [0.15, 0.2) is 0 Å². The maximum absolute atomic E-state index is 12.6. The number of piperidine rings is 1. The molecule has 4 nitrogen and oxygen atoms in total. The van der Waals surface area contributed by atoms with Crippen molar-refractivity contribution >= 4 is 17.5 Å². The zero-order valence-corrected chi connectivity index (χ0v) is 13.7. The zero-order valence-electron chi connectivity index (χ0n) is 12.9. The lowest BCUT2D eigenvalue weighted by Crippen LogP contribution is -2.38. The number of nitrogens with zero attached hydrogens (tertiary/aromatic N) is 3. The topological polar surface area (TPSA) is 38.1 Å². The van der Waals surface area contributed by atoms with Crippen LogP contribution in [0.25, 0.3) is 0 Å². The minimum absolute atomic E-state index is 0.100. The fourth-order valence-electron chi connectivity index (χ4n) is 3.12. The number of carbonyl (C=O) groups excluding carboxylic acids is 1. The lowest BCUT2D eigenvalue weighted by atomic mass is 9.93. The van der Waals surface area contributed by atoms with E-state index in [-0.39, 0.29) is 5.91 Å². The number of aryl methyl sites for hydroxylation is 2. The van der Waals surface area contributed by atoms with Crippen LogP contribution in [-0.4, -0.2) is 33.7 Å². The molecule has 0 aliphatic carbocycles. The van der Waals surface area contributed by atoms with Gasteiger partial charge < -0.3 is 4.90 Å². The van der Waals surface area contributed by atoms with Crippen LogP contribution in [0.5, 0.6) is 0 Å². The molecule has 116 valence electrons. The molecule has 0 unspecified atom stereocenters. The molecular weight excluding hydrogens is 298 g/mol. The lowest BCUT2D eigenvalue weighted by Gasteiger charge is -2.32. The molecule has 0 N–H and O–H groups in total. The summed E-state index contributed by atoms with van der Waals surface area (Å²) >= 11 is 6.03. The monoisotopic (exact) mass is 317 g/mol. The molecule has 22 heavy (non-hydrogen) atoms. The van der Waals surface area contributed by atoms with Crippen molar-refractivity contribution < 1.29 is 4.79 Å². The van der Waals surface area contributed by atoms with Gasteiger partial charge in [-0.05, 0) is 49.6 Å². The van der Waals surface area contributed by atoms with Crippen molar-refractivity contribution in [1.82, 2.24) is 14.7 Å². The van der Waals surface area contributed by atoms with Crippen molar-refractivity contribution in [3.8, 4) is 0 Å². The van der Waals surface area contributed by atoms with E-state index in [1.165, 1.54) is 5.69 Å². The minimum atomic E-state index is 0.100. The number of benzene rings is 1. The van der Waals surface area contributed by atoms with Gasteiger partial charge >= 0.3 is 0 Å².